The Labute approximate surface area is 120 Å². The van der Waals surface area contributed by atoms with Crippen molar-refractivity contribution < 1.29 is 0 Å². The Morgan fingerprint density at radius 3 is 3.17 bits per heavy atom. The Kier molecular flexibility index (Phi) is 8.42. The minimum absolute atomic E-state index is 0.757. The summed E-state index contributed by atoms with van der Waals surface area (Å²) in [5, 5.41) is 4.21. The van der Waals surface area contributed by atoms with Gasteiger partial charge < -0.3 is 10.2 Å². The van der Waals surface area contributed by atoms with Gasteiger partial charge in [0.05, 0.1) is 0 Å². The average Bonchev–Trinajstić information content (AvgIpc) is 2.43. The molecule has 18 heavy (non-hydrogen) atoms. The van der Waals surface area contributed by atoms with Crippen LogP contribution in [0, 0.1) is 0 Å². The fourth-order valence-electron chi connectivity index (χ4n) is 1.89. The second-order valence-corrected chi connectivity index (χ2v) is 6.74. The van der Waals surface area contributed by atoms with Gasteiger partial charge >= 0.3 is 0 Å². The maximum Gasteiger partial charge on any atom is 0.193 e. The van der Waals surface area contributed by atoms with Crippen molar-refractivity contribution in [2.75, 3.05) is 43.9 Å². The molecule has 0 aromatic carbocycles. The summed E-state index contributed by atoms with van der Waals surface area (Å²) in [6.07, 6.45) is 3.19. The molecule has 1 unspecified atom stereocenters. The molecule has 1 aliphatic heterocycles. The van der Waals surface area contributed by atoms with E-state index < -0.39 is 0 Å². The molecule has 1 rings (SSSR count). The Hall–Kier alpha value is -0.290. The van der Waals surface area contributed by atoms with Gasteiger partial charge in [-0.1, -0.05) is 13.0 Å². The normalized spacial score (nSPS) is 20.9. The first-order chi connectivity index (χ1) is 8.81. The van der Waals surface area contributed by atoms with Crippen LogP contribution in [0.1, 0.15) is 13.3 Å². The molecule has 5 heteroatoms. The molecular formula is C13H25N3S2. The largest absolute Gasteiger partial charge is 0.355 e. The molecule has 0 aromatic rings. The number of nitrogens with zero attached hydrogens (tertiary/aromatic N) is 2. The van der Waals surface area contributed by atoms with Gasteiger partial charge in [0, 0.05) is 49.2 Å². The Morgan fingerprint density at radius 2 is 2.50 bits per heavy atom. The maximum atomic E-state index is 4.39. The number of hydrogen-bond donors (Lipinski definition) is 1. The van der Waals surface area contributed by atoms with E-state index in [1.807, 2.05) is 24.9 Å². The van der Waals surface area contributed by atoms with Crippen LogP contribution in [0.15, 0.2) is 17.6 Å². The molecule has 1 aliphatic rings. The van der Waals surface area contributed by atoms with Gasteiger partial charge in [0.1, 0.15) is 0 Å². The van der Waals surface area contributed by atoms with E-state index in [1.54, 1.807) is 0 Å². The topological polar surface area (TPSA) is 27.6 Å². The fourth-order valence-corrected chi connectivity index (χ4v) is 3.65. The SMILES string of the molecule is C=CCSCCNC(=NC)N1CCSC(CC)C1. The molecule has 0 amide bonds. The van der Waals surface area contributed by atoms with Crippen molar-refractivity contribution in [1.29, 1.82) is 0 Å². The molecule has 1 saturated heterocycles. The minimum Gasteiger partial charge on any atom is -0.355 e. The standard InChI is InChI=1S/C13H25N3S2/c1-4-8-17-9-6-15-13(14-3)16-7-10-18-12(5-2)11-16/h4,12H,1,5-11H2,2-3H3,(H,14,15). The number of rotatable bonds is 6. The van der Waals surface area contributed by atoms with Crippen LogP contribution in [0.5, 0.6) is 0 Å². The van der Waals surface area contributed by atoms with Crippen LogP contribution in [0.4, 0.5) is 0 Å². The summed E-state index contributed by atoms with van der Waals surface area (Å²) in [5.74, 6) is 4.40. The third-order valence-electron chi connectivity index (χ3n) is 2.87. The molecule has 0 bridgehead atoms. The number of guanidine groups is 1. The molecule has 1 heterocycles. The Morgan fingerprint density at radius 1 is 1.67 bits per heavy atom. The highest BCUT2D eigenvalue weighted by Crippen LogP contribution is 2.20. The lowest BCUT2D eigenvalue weighted by molar-refractivity contribution is 0.409. The molecule has 0 aromatic heterocycles. The lowest BCUT2D eigenvalue weighted by Crippen LogP contribution is -2.48. The van der Waals surface area contributed by atoms with Gasteiger partial charge in [0.25, 0.3) is 0 Å². The van der Waals surface area contributed by atoms with Crippen LogP contribution in [0.25, 0.3) is 0 Å². The van der Waals surface area contributed by atoms with Crippen molar-refractivity contribution in [3.05, 3.63) is 12.7 Å². The second-order valence-electron chi connectivity index (χ2n) is 4.18. The smallest absolute Gasteiger partial charge is 0.193 e. The van der Waals surface area contributed by atoms with E-state index in [0.717, 1.165) is 42.3 Å². The molecule has 1 fully saturated rings. The first kappa shape index (κ1) is 15.8. The summed E-state index contributed by atoms with van der Waals surface area (Å²) in [7, 11) is 1.88. The monoisotopic (exact) mass is 287 g/mol. The second kappa shape index (κ2) is 9.62. The predicted molar refractivity (Wildman–Crippen MR) is 87.0 cm³/mol. The summed E-state index contributed by atoms with van der Waals surface area (Å²) >= 11 is 3.99. The molecule has 104 valence electrons. The third-order valence-corrected chi connectivity index (χ3v) is 5.21. The van der Waals surface area contributed by atoms with Crippen LogP contribution in [0.3, 0.4) is 0 Å². The van der Waals surface area contributed by atoms with E-state index in [0.29, 0.717) is 0 Å². The van der Waals surface area contributed by atoms with Gasteiger partial charge in [-0.05, 0) is 6.42 Å². The van der Waals surface area contributed by atoms with Crippen molar-refractivity contribution >= 4 is 29.5 Å². The number of hydrogen-bond acceptors (Lipinski definition) is 3. The number of aliphatic imine (C=N–C) groups is 1. The van der Waals surface area contributed by atoms with E-state index in [-0.39, 0.29) is 0 Å². The molecule has 0 radical (unpaired) electrons. The minimum atomic E-state index is 0.757. The van der Waals surface area contributed by atoms with Crippen LogP contribution in [0.2, 0.25) is 0 Å². The van der Waals surface area contributed by atoms with E-state index in [1.165, 1.54) is 12.2 Å². The average molecular weight is 287 g/mol. The molecule has 3 nitrogen and oxygen atoms in total. The zero-order valence-corrected chi connectivity index (χ0v) is 13.2. The Bertz CT molecular complexity index is 269. The maximum absolute atomic E-state index is 4.39. The molecule has 0 saturated carbocycles. The van der Waals surface area contributed by atoms with Gasteiger partial charge in [-0.2, -0.15) is 23.5 Å². The first-order valence-electron chi connectivity index (χ1n) is 6.57. The molecular weight excluding hydrogens is 262 g/mol. The quantitative estimate of drug-likeness (QED) is 0.351. The molecule has 1 atom stereocenters. The van der Waals surface area contributed by atoms with Crippen molar-refractivity contribution in [2.24, 2.45) is 4.99 Å². The van der Waals surface area contributed by atoms with Gasteiger partial charge in [-0.3, -0.25) is 4.99 Å². The zero-order chi connectivity index (χ0) is 13.2. The number of thioether (sulfide) groups is 2. The summed E-state index contributed by atoms with van der Waals surface area (Å²) in [5.41, 5.74) is 0. The number of nitrogens with one attached hydrogen (secondary N) is 1. The van der Waals surface area contributed by atoms with Gasteiger partial charge in [0.2, 0.25) is 0 Å². The highest BCUT2D eigenvalue weighted by Gasteiger charge is 2.20. The van der Waals surface area contributed by atoms with Gasteiger partial charge in [0.15, 0.2) is 5.96 Å². The van der Waals surface area contributed by atoms with Gasteiger partial charge in [-0.15, -0.1) is 6.58 Å². The summed E-state index contributed by atoms with van der Waals surface area (Å²) in [6.45, 7) is 9.21. The molecule has 0 spiro atoms. The summed E-state index contributed by atoms with van der Waals surface area (Å²) in [4.78, 5) is 6.78. The van der Waals surface area contributed by atoms with Crippen molar-refractivity contribution in [3.63, 3.8) is 0 Å². The van der Waals surface area contributed by atoms with Crippen molar-refractivity contribution in [3.8, 4) is 0 Å². The predicted octanol–water partition coefficient (Wildman–Crippen LogP) is 2.31. The zero-order valence-electron chi connectivity index (χ0n) is 11.5. The summed E-state index contributed by atoms with van der Waals surface area (Å²) < 4.78 is 0. The van der Waals surface area contributed by atoms with Crippen LogP contribution in [-0.2, 0) is 0 Å². The van der Waals surface area contributed by atoms with Crippen molar-refractivity contribution in [1.82, 2.24) is 10.2 Å². The van der Waals surface area contributed by atoms with Gasteiger partial charge in [-0.25, -0.2) is 0 Å². The van der Waals surface area contributed by atoms with E-state index in [9.17, 15) is 0 Å². The van der Waals surface area contributed by atoms with Crippen LogP contribution in [-0.4, -0.2) is 60.0 Å². The Balaban J connectivity index is 2.29. The molecule has 1 N–H and O–H groups in total. The van der Waals surface area contributed by atoms with Crippen molar-refractivity contribution in [2.45, 2.75) is 18.6 Å². The first-order valence-corrected chi connectivity index (χ1v) is 8.78. The fraction of sp³-hybridized carbons (Fsp3) is 0.769. The molecule has 0 aliphatic carbocycles. The highest BCUT2D eigenvalue weighted by molar-refractivity contribution is 8.00. The summed E-state index contributed by atoms with van der Waals surface area (Å²) in [6, 6.07) is 0. The van der Waals surface area contributed by atoms with E-state index >= 15 is 0 Å². The van der Waals surface area contributed by atoms with E-state index in [2.05, 4.69) is 40.5 Å². The van der Waals surface area contributed by atoms with Crippen LogP contribution < -0.4 is 5.32 Å². The third kappa shape index (κ3) is 5.57. The highest BCUT2D eigenvalue weighted by atomic mass is 32.2. The lowest BCUT2D eigenvalue weighted by Gasteiger charge is -2.34. The van der Waals surface area contributed by atoms with Crippen LogP contribution >= 0.6 is 23.5 Å². The lowest BCUT2D eigenvalue weighted by atomic mass is 10.3. The van der Waals surface area contributed by atoms with E-state index in [4.69, 9.17) is 0 Å².